The third kappa shape index (κ3) is 2.87. The second-order valence-corrected chi connectivity index (χ2v) is 4.27. The molecule has 1 N–H and O–H groups in total. The van der Waals surface area contributed by atoms with Gasteiger partial charge in [0.05, 0.1) is 17.4 Å². The average molecular weight is 264 g/mol. The highest BCUT2D eigenvalue weighted by atomic mass is 16.6. The molecule has 19 heavy (non-hydrogen) atoms. The number of nitro benzene ring substituents is 1. The Hall–Kier alpha value is -2.44. The van der Waals surface area contributed by atoms with Gasteiger partial charge in [0.1, 0.15) is 12.3 Å². The summed E-state index contributed by atoms with van der Waals surface area (Å²) in [5, 5.41) is 13.9. The third-order valence-electron chi connectivity index (χ3n) is 2.82. The average Bonchev–Trinajstić information content (AvgIpc) is 2.74. The summed E-state index contributed by atoms with van der Waals surface area (Å²) in [4.78, 5) is 32.6. The fraction of sp³-hybridized carbons (Fsp3) is 0.333. The van der Waals surface area contributed by atoms with Crippen molar-refractivity contribution in [1.82, 2.24) is 0 Å². The van der Waals surface area contributed by atoms with Gasteiger partial charge in [-0.15, -0.1) is 0 Å². The number of nitrogens with zero attached hydrogens (tertiary/aromatic N) is 1. The Balaban J connectivity index is 2.26. The monoisotopic (exact) mass is 264 g/mol. The van der Waals surface area contributed by atoms with E-state index in [2.05, 4.69) is 5.32 Å². The molecule has 2 rings (SSSR count). The quantitative estimate of drug-likeness (QED) is 0.383. The Morgan fingerprint density at radius 3 is 2.79 bits per heavy atom. The standard InChI is InChI=1S/C12H12N2O5/c1-7(15)8-2-3-10(11(4-8)14(17)18)13-9-5-12(16)19-6-9/h2-4,9,13H,5-6H2,1H3/t9-/m0/s1. The summed E-state index contributed by atoms with van der Waals surface area (Å²) < 4.78 is 4.77. The maximum absolute atomic E-state index is 11.2. The minimum atomic E-state index is -0.563. The van der Waals surface area contributed by atoms with E-state index < -0.39 is 4.92 Å². The number of ketones is 1. The maximum atomic E-state index is 11.2. The number of benzene rings is 1. The van der Waals surface area contributed by atoms with Crippen LogP contribution >= 0.6 is 0 Å². The van der Waals surface area contributed by atoms with Gasteiger partial charge in [0.2, 0.25) is 0 Å². The molecular weight excluding hydrogens is 252 g/mol. The first-order valence-electron chi connectivity index (χ1n) is 5.69. The first-order valence-corrected chi connectivity index (χ1v) is 5.69. The maximum Gasteiger partial charge on any atom is 0.308 e. The van der Waals surface area contributed by atoms with Crippen molar-refractivity contribution in [3.8, 4) is 0 Å². The molecule has 0 spiro atoms. The van der Waals surface area contributed by atoms with Crippen molar-refractivity contribution < 1.29 is 19.2 Å². The van der Waals surface area contributed by atoms with Crippen molar-refractivity contribution in [2.24, 2.45) is 0 Å². The predicted octanol–water partition coefficient (Wildman–Crippen LogP) is 1.52. The summed E-state index contributed by atoms with van der Waals surface area (Å²) in [7, 11) is 0. The number of nitro groups is 1. The molecular formula is C12H12N2O5. The molecule has 0 unspecified atom stereocenters. The topological polar surface area (TPSA) is 98.5 Å². The zero-order valence-corrected chi connectivity index (χ0v) is 10.2. The number of esters is 1. The highest BCUT2D eigenvalue weighted by Gasteiger charge is 2.26. The zero-order chi connectivity index (χ0) is 14.0. The van der Waals surface area contributed by atoms with Crippen LogP contribution in [0.25, 0.3) is 0 Å². The van der Waals surface area contributed by atoms with Crippen molar-refractivity contribution in [3.05, 3.63) is 33.9 Å². The van der Waals surface area contributed by atoms with Gasteiger partial charge in [-0.3, -0.25) is 19.7 Å². The first-order chi connectivity index (χ1) is 8.97. The number of ether oxygens (including phenoxy) is 1. The summed E-state index contributed by atoms with van der Waals surface area (Å²) in [6.07, 6.45) is 0.172. The van der Waals surface area contributed by atoms with Gasteiger partial charge in [-0.05, 0) is 19.1 Å². The van der Waals surface area contributed by atoms with Crippen LogP contribution < -0.4 is 5.32 Å². The van der Waals surface area contributed by atoms with E-state index in [9.17, 15) is 19.7 Å². The summed E-state index contributed by atoms with van der Waals surface area (Å²) in [6.45, 7) is 1.53. The highest BCUT2D eigenvalue weighted by molar-refractivity contribution is 5.95. The number of anilines is 1. The number of hydrogen-bond acceptors (Lipinski definition) is 6. The fourth-order valence-corrected chi connectivity index (χ4v) is 1.85. The zero-order valence-electron chi connectivity index (χ0n) is 10.2. The third-order valence-corrected chi connectivity index (χ3v) is 2.82. The van der Waals surface area contributed by atoms with Crippen molar-refractivity contribution >= 4 is 23.1 Å². The second kappa shape index (κ2) is 5.05. The van der Waals surface area contributed by atoms with Gasteiger partial charge in [-0.1, -0.05) is 0 Å². The molecule has 1 aliphatic rings. The van der Waals surface area contributed by atoms with Crippen LogP contribution in [0.1, 0.15) is 23.7 Å². The molecule has 1 aromatic carbocycles. The lowest BCUT2D eigenvalue weighted by Gasteiger charge is -2.11. The summed E-state index contributed by atoms with van der Waals surface area (Å²) >= 11 is 0. The molecule has 0 saturated carbocycles. The molecule has 0 amide bonds. The van der Waals surface area contributed by atoms with Crippen molar-refractivity contribution in [2.75, 3.05) is 11.9 Å². The number of nitrogens with one attached hydrogen (secondary N) is 1. The van der Waals surface area contributed by atoms with Crippen molar-refractivity contribution in [3.63, 3.8) is 0 Å². The lowest BCUT2D eigenvalue weighted by Crippen LogP contribution is -2.20. The number of rotatable bonds is 4. The lowest BCUT2D eigenvalue weighted by molar-refractivity contribution is -0.384. The van der Waals surface area contributed by atoms with E-state index >= 15 is 0 Å². The van der Waals surface area contributed by atoms with E-state index in [4.69, 9.17) is 4.74 Å². The van der Waals surface area contributed by atoms with Crippen LogP contribution in [-0.4, -0.2) is 29.3 Å². The highest BCUT2D eigenvalue weighted by Crippen LogP contribution is 2.27. The van der Waals surface area contributed by atoms with Gasteiger partial charge >= 0.3 is 5.97 Å². The minimum Gasteiger partial charge on any atom is -0.463 e. The van der Waals surface area contributed by atoms with Crippen LogP contribution in [0.3, 0.4) is 0 Å². The molecule has 1 saturated heterocycles. The normalized spacial score (nSPS) is 17.9. The van der Waals surface area contributed by atoms with Crippen LogP contribution in [0.4, 0.5) is 11.4 Å². The molecule has 7 nitrogen and oxygen atoms in total. The lowest BCUT2D eigenvalue weighted by atomic mass is 10.1. The number of carbonyl (C=O) groups excluding carboxylic acids is 2. The Bertz CT molecular complexity index is 555. The fourth-order valence-electron chi connectivity index (χ4n) is 1.85. The van der Waals surface area contributed by atoms with E-state index in [-0.39, 0.29) is 47.8 Å². The minimum absolute atomic E-state index is 0.172. The van der Waals surface area contributed by atoms with Crippen LogP contribution in [-0.2, 0) is 9.53 Å². The predicted molar refractivity (Wildman–Crippen MR) is 66.1 cm³/mol. The molecule has 1 atom stereocenters. The largest absolute Gasteiger partial charge is 0.463 e. The number of carbonyl (C=O) groups is 2. The molecule has 1 heterocycles. The first kappa shape index (κ1) is 13.0. The summed E-state index contributed by atoms with van der Waals surface area (Å²) in [5.41, 5.74) is 0.362. The molecule has 0 radical (unpaired) electrons. The van der Waals surface area contributed by atoms with Gasteiger partial charge < -0.3 is 10.1 Å². The van der Waals surface area contributed by atoms with Gasteiger partial charge in [-0.2, -0.15) is 0 Å². The number of Topliss-reactive ketones (excluding diaryl/α,β-unsaturated/α-hetero) is 1. The Labute approximate surface area is 108 Å². The van der Waals surface area contributed by atoms with Gasteiger partial charge in [0.25, 0.3) is 5.69 Å². The Morgan fingerprint density at radius 2 is 2.26 bits per heavy atom. The van der Waals surface area contributed by atoms with Crippen molar-refractivity contribution in [1.29, 1.82) is 0 Å². The molecule has 0 bridgehead atoms. The molecule has 7 heteroatoms. The Morgan fingerprint density at radius 1 is 1.53 bits per heavy atom. The molecule has 1 aliphatic heterocycles. The summed E-state index contributed by atoms with van der Waals surface area (Å²) in [5.74, 6) is -0.575. The van der Waals surface area contributed by atoms with Crippen LogP contribution in [0.15, 0.2) is 18.2 Å². The van der Waals surface area contributed by atoms with Gasteiger partial charge in [-0.25, -0.2) is 0 Å². The van der Waals surface area contributed by atoms with E-state index in [1.165, 1.54) is 25.1 Å². The molecule has 0 aliphatic carbocycles. The SMILES string of the molecule is CC(=O)c1ccc(N[C@@H]2COC(=O)C2)c([N+](=O)[O-])c1. The smallest absolute Gasteiger partial charge is 0.308 e. The van der Waals surface area contributed by atoms with Gasteiger partial charge in [0.15, 0.2) is 5.78 Å². The van der Waals surface area contributed by atoms with Crippen molar-refractivity contribution in [2.45, 2.75) is 19.4 Å². The molecule has 0 aromatic heterocycles. The second-order valence-electron chi connectivity index (χ2n) is 4.27. The molecule has 1 aromatic rings. The van der Waals surface area contributed by atoms with E-state index in [1.807, 2.05) is 0 Å². The van der Waals surface area contributed by atoms with E-state index in [0.717, 1.165) is 0 Å². The van der Waals surface area contributed by atoms with Gasteiger partial charge in [0, 0.05) is 11.6 Å². The number of hydrogen-bond donors (Lipinski definition) is 1. The number of cyclic esters (lactones) is 1. The van der Waals surface area contributed by atoms with Crippen LogP contribution in [0.5, 0.6) is 0 Å². The van der Waals surface area contributed by atoms with E-state index in [1.54, 1.807) is 0 Å². The Kier molecular flexibility index (Phi) is 3.46. The van der Waals surface area contributed by atoms with E-state index in [0.29, 0.717) is 0 Å². The molecule has 100 valence electrons. The van der Waals surface area contributed by atoms with Crippen LogP contribution in [0, 0.1) is 10.1 Å². The van der Waals surface area contributed by atoms with Crippen LogP contribution in [0.2, 0.25) is 0 Å². The summed E-state index contributed by atoms with van der Waals surface area (Å²) in [6, 6.07) is 3.92. The molecule has 1 fully saturated rings.